The minimum Gasteiger partial charge on any atom is -0.309 e. The first-order chi connectivity index (χ1) is 23.7. The average molecular weight is 611 g/mol. The second-order valence-corrected chi connectivity index (χ2v) is 12.0. The Morgan fingerprint density at radius 1 is 0.396 bits per heavy atom. The van der Waals surface area contributed by atoms with E-state index >= 15 is 0 Å². The molecule has 0 unspecified atom stereocenters. The molecular weight excluding hydrogens is 585 g/mol. The zero-order valence-electron chi connectivity index (χ0n) is 25.8. The van der Waals surface area contributed by atoms with Crippen molar-refractivity contribution in [2.75, 3.05) is 0 Å². The maximum absolute atomic E-state index is 10.1. The van der Waals surface area contributed by atoms with Crippen LogP contribution in [0, 0.1) is 22.7 Å². The summed E-state index contributed by atoms with van der Waals surface area (Å²) in [5.41, 5.74) is 11.7. The second-order valence-electron chi connectivity index (χ2n) is 12.0. The van der Waals surface area contributed by atoms with E-state index in [0.29, 0.717) is 11.1 Å². The van der Waals surface area contributed by atoms with Crippen LogP contribution in [-0.2, 0) is 0 Å². The summed E-state index contributed by atoms with van der Waals surface area (Å²) < 4.78 is 4.60. The molecule has 9 rings (SSSR count). The molecule has 0 radical (unpaired) electrons. The van der Waals surface area contributed by atoms with Gasteiger partial charge in [-0.2, -0.15) is 10.5 Å². The first-order valence-electron chi connectivity index (χ1n) is 15.9. The SMILES string of the molecule is N#Cc1ccc2c(c1)c1ccccc1n2-c1cc(-c2ccc(-n3c4ccccc4c4ccccc43)cc2)ccc1-c1ccccc1C#N. The number of hydrogen-bond donors (Lipinski definition) is 0. The van der Waals surface area contributed by atoms with Gasteiger partial charge < -0.3 is 9.13 Å². The van der Waals surface area contributed by atoms with E-state index in [1.807, 2.05) is 54.6 Å². The van der Waals surface area contributed by atoms with Crippen molar-refractivity contribution in [3.8, 4) is 45.8 Å². The van der Waals surface area contributed by atoms with E-state index in [-0.39, 0.29) is 0 Å². The normalized spacial score (nSPS) is 11.3. The summed E-state index contributed by atoms with van der Waals surface area (Å²) in [7, 11) is 0. The minimum absolute atomic E-state index is 0.620. The van der Waals surface area contributed by atoms with Gasteiger partial charge in [-0.05, 0) is 71.8 Å². The summed E-state index contributed by atoms with van der Waals surface area (Å²) in [5, 5.41) is 24.4. The lowest BCUT2D eigenvalue weighted by atomic mass is 9.95. The molecule has 2 heterocycles. The molecule has 7 aromatic carbocycles. The summed E-state index contributed by atoms with van der Waals surface area (Å²) in [6.07, 6.45) is 0. The Bertz CT molecular complexity index is 2750. The topological polar surface area (TPSA) is 57.4 Å². The molecule has 4 heteroatoms. The number of nitrogens with zero attached hydrogens (tertiary/aromatic N) is 4. The van der Waals surface area contributed by atoms with Crippen LogP contribution in [0.25, 0.3) is 77.2 Å². The molecule has 222 valence electrons. The van der Waals surface area contributed by atoms with Gasteiger partial charge in [0.2, 0.25) is 0 Å². The largest absolute Gasteiger partial charge is 0.309 e. The first kappa shape index (κ1) is 27.4. The van der Waals surface area contributed by atoms with Crippen LogP contribution >= 0.6 is 0 Å². The third-order valence-electron chi connectivity index (χ3n) is 9.42. The number of hydrogen-bond acceptors (Lipinski definition) is 2. The fourth-order valence-corrected chi connectivity index (χ4v) is 7.25. The smallest absolute Gasteiger partial charge is 0.0998 e. The van der Waals surface area contributed by atoms with E-state index < -0.39 is 0 Å². The van der Waals surface area contributed by atoms with Crippen LogP contribution in [-0.4, -0.2) is 9.13 Å². The Kier molecular flexibility index (Phi) is 6.22. The lowest BCUT2D eigenvalue weighted by Crippen LogP contribution is -1.99. The molecule has 0 saturated carbocycles. The molecular formula is C44H26N4. The van der Waals surface area contributed by atoms with E-state index in [2.05, 4.69) is 124 Å². The van der Waals surface area contributed by atoms with Crippen molar-refractivity contribution in [2.24, 2.45) is 0 Å². The average Bonchev–Trinajstić information content (AvgIpc) is 3.67. The van der Waals surface area contributed by atoms with E-state index in [1.165, 1.54) is 21.8 Å². The lowest BCUT2D eigenvalue weighted by molar-refractivity contribution is 1.18. The van der Waals surface area contributed by atoms with Gasteiger partial charge in [0.05, 0.1) is 51.0 Å². The van der Waals surface area contributed by atoms with Crippen LogP contribution in [0.4, 0.5) is 0 Å². The van der Waals surface area contributed by atoms with Crippen molar-refractivity contribution in [2.45, 2.75) is 0 Å². The zero-order chi connectivity index (χ0) is 32.2. The molecule has 0 N–H and O–H groups in total. The van der Waals surface area contributed by atoms with Crippen LogP contribution in [0.15, 0.2) is 158 Å². The Labute approximate surface area is 277 Å². The van der Waals surface area contributed by atoms with Gasteiger partial charge >= 0.3 is 0 Å². The number of fused-ring (bicyclic) bond motifs is 6. The Morgan fingerprint density at radius 3 is 1.62 bits per heavy atom. The van der Waals surface area contributed by atoms with Crippen molar-refractivity contribution in [1.29, 1.82) is 10.5 Å². The number of para-hydroxylation sites is 3. The molecule has 2 aromatic heterocycles. The van der Waals surface area contributed by atoms with Gasteiger partial charge in [-0.25, -0.2) is 0 Å². The van der Waals surface area contributed by atoms with E-state index in [1.54, 1.807) is 0 Å². The summed E-state index contributed by atoms with van der Waals surface area (Å²) in [6, 6.07) is 59.0. The van der Waals surface area contributed by atoms with Crippen LogP contribution < -0.4 is 0 Å². The van der Waals surface area contributed by atoms with Crippen LogP contribution in [0.3, 0.4) is 0 Å². The van der Waals surface area contributed by atoms with Gasteiger partial charge in [0.15, 0.2) is 0 Å². The number of benzene rings is 7. The third kappa shape index (κ3) is 4.14. The molecule has 0 atom stereocenters. The van der Waals surface area contributed by atoms with Crippen molar-refractivity contribution in [3.63, 3.8) is 0 Å². The fourth-order valence-electron chi connectivity index (χ4n) is 7.25. The van der Waals surface area contributed by atoms with E-state index in [0.717, 1.165) is 55.4 Å². The molecule has 48 heavy (non-hydrogen) atoms. The molecule has 0 aliphatic rings. The van der Waals surface area contributed by atoms with Gasteiger partial charge in [0.1, 0.15) is 0 Å². The second kappa shape index (κ2) is 10.9. The summed E-state index contributed by atoms with van der Waals surface area (Å²) in [4.78, 5) is 0. The third-order valence-corrected chi connectivity index (χ3v) is 9.42. The van der Waals surface area contributed by atoms with Gasteiger partial charge in [0.25, 0.3) is 0 Å². The molecule has 0 amide bonds. The molecule has 9 aromatic rings. The first-order valence-corrected chi connectivity index (χ1v) is 15.9. The molecule has 4 nitrogen and oxygen atoms in total. The number of rotatable bonds is 4. The Balaban J connectivity index is 1.26. The number of nitriles is 2. The van der Waals surface area contributed by atoms with Crippen LogP contribution in [0.1, 0.15) is 11.1 Å². The predicted molar refractivity (Wildman–Crippen MR) is 195 cm³/mol. The molecule has 0 fully saturated rings. The van der Waals surface area contributed by atoms with Crippen molar-refractivity contribution in [1.82, 2.24) is 9.13 Å². The summed E-state index contributed by atoms with van der Waals surface area (Å²) in [5.74, 6) is 0. The van der Waals surface area contributed by atoms with Gasteiger partial charge in [0, 0.05) is 38.4 Å². The van der Waals surface area contributed by atoms with Gasteiger partial charge in [-0.3, -0.25) is 0 Å². The fraction of sp³-hybridized carbons (Fsp3) is 0. The highest BCUT2D eigenvalue weighted by Crippen LogP contribution is 2.40. The summed E-state index contributed by atoms with van der Waals surface area (Å²) in [6.45, 7) is 0. The van der Waals surface area contributed by atoms with Crippen molar-refractivity contribution < 1.29 is 0 Å². The molecule has 0 aliphatic heterocycles. The van der Waals surface area contributed by atoms with Crippen LogP contribution in [0.5, 0.6) is 0 Å². The van der Waals surface area contributed by atoms with Crippen molar-refractivity contribution in [3.05, 3.63) is 169 Å². The quantitative estimate of drug-likeness (QED) is 0.199. The number of aromatic nitrogens is 2. The van der Waals surface area contributed by atoms with E-state index in [4.69, 9.17) is 0 Å². The standard InChI is InChI=1S/C44H26N4/c45-27-29-17-24-43-39(25-29)37-13-5-8-16-42(37)48(43)44-26-31(20-23-38(44)34-10-2-1-9-32(34)28-46)30-18-21-33(22-19-30)47-40-14-6-3-11-35(40)36-12-4-7-15-41(36)47/h1-26H. The molecule has 0 bridgehead atoms. The Morgan fingerprint density at radius 2 is 0.958 bits per heavy atom. The highest BCUT2D eigenvalue weighted by atomic mass is 15.0. The lowest BCUT2D eigenvalue weighted by Gasteiger charge is -2.17. The maximum atomic E-state index is 10.1. The molecule has 0 spiro atoms. The minimum atomic E-state index is 0.620. The predicted octanol–water partition coefficient (Wildman–Crippen LogP) is 11.0. The summed E-state index contributed by atoms with van der Waals surface area (Å²) >= 11 is 0. The molecule has 0 saturated heterocycles. The van der Waals surface area contributed by atoms with Gasteiger partial charge in [-0.15, -0.1) is 0 Å². The maximum Gasteiger partial charge on any atom is 0.0998 e. The van der Waals surface area contributed by atoms with E-state index in [9.17, 15) is 10.5 Å². The molecule has 0 aliphatic carbocycles. The Hall–Kier alpha value is -6.88. The van der Waals surface area contributed by atoms with Crippen molar-refractivity contribution >= 4 is 43.6 Å². The van der Waals surface area contributed by atoms with Crippen LogP contribution in [0.2, 0.25) is 0 Å². The zero-order valence-corrected chi connectivity index (χ0v) is 25.8. The van der Waals surface area contributed by atoms with Gasteiger partial charge in [-0.1, -0.05) is 97.1 Å². The highest BCUT2D eigenvalue weighted by Gasteiger charge is 2.19. The monoisotopic (exact) mass is 610 g/mol. The highest BCUT2D eigenvalue weighted by molar-refractivity contribution is 6.11.